The number of rotatable bonds is 4. The molecular weight excluding hydrogens is 368 g/mol. The molecule has 2 aromatic carbocycles. The summed E-state index contributed by atoms with van der Waals surface area (Å²) in [6, 6.07) is 18.8. The second-order valence-corrected chi connectivity index (χ2v) is 7.25. The highest BCUT2D eigenvalue weighted by Crippen LogP contribution is 2.40. The van der Waals surface area contributed by atoms with E-state index in [4.69, 9.17) is 0 Å². The molecule has 8 nitrogen and oxygen atoms in total. The number of benzene rings is 2. The number of nitrogens with zero attached hydrogens (tertiary/aromatic N) is 5. The van der Waals surface area contributed by atoms with E-state index < -0.39 is 18.2 Å². The number of amides is 3. The normalized spacial score (nSPS) is 20.4. The third-order valence-electron chi connectivity index (χ3n) is 5.55. The van der Waals surface area contributed by atoms with E-state index in [0.29, 0.717) is 18.3 Å². The van der Waals surface area contributed by atoms with Gasteiger partial charge in [-0.2, -0.15) is 0 Å². The van der Waals surface area contributed by atoms with Gasteiger partial charge in [0.25, 0.3) is 5.91 Å². The Kier molecular flexibility index (Phi) is 4.04. The molecule has 1 fully saturated rings. The summed E-state index contributed by atoms with van der Waals surface area (Å²) in [6.45, 7) is 0.591. The summed E-state index contributed by atoms with van der Waals surface area (Å²) in [5, 5.41) is 11.3. The van der Waals surface area contributed by atoms with Crippen LogP contribution in [0, 0.1) is 0 Å². The molecule has 0 spiro atoms. The van der Waals surface area contributed by atoms with E-state index >= 15 is 0 Å². The number of fused-ring (bicyclic) bond motifs is 3. The van der Waals surface area contributed by atoms with Crippen molar-refractivity contribution in [2.24, 2.45) is 0 Å². The summed E-state index contributed by atoms with van der Waals surface area (Å²) in [5.74, 6) is 0.939. The van der Waals surface area contributed by atoms with Crippen molar-refractivity contribution in [2.75, 3.05) is 18.5 Å². The summed E-state index contributed by atoms with van der Waals surface area (Å²) < 4.78 is 1.90. The minimum Gasteiger partial charge on any atom is -0.325 e. The van der Waals surface area contributed by atoms with Crippen LogP contribution >= 0.6 is 0 Å². The van der Waals surface area contributed by atoms with Crippen molar-refractivity contribution in [3.63, 3.8) is 0 Å². The molecule has 146 valence electrons. The Labute approximate surface area is 167 Å². The molecule has 2 aliphatic rings. The lowest BCUT2D eigenvalue weighted by molar-refractivity contribution is -0.124. The molecule has 5 rings (SSSR count). The van der Waals surface area contributed by atoms with E-state index in [1.807, 2.05) is 58.0 Å². The highest BCUT2D eigenvalue weighted by atomic mass is 16.2. The number of aromatic nitrogens is 3. The van der Waals surface area contributed by atoms with E-state index in [0.717, 1.165) is 12.0 Å². The third-order valence-corrected chi connectivity index (χ3v) is 5.55. The van der Waals surface area contributed by atoms with E-state index in [9.17, 15) is 9.59 Å². The van der Waals surface area contributed by atoms with E-state index in [1.54, 1.807) is 11.9 Å². The molecule has 0 radical (unpaired) electrons. The molecule has 0 bridgehead atoms. The van der Waals surface area contributed by atoms with Gasteiger partial charge in [-0.3, -0.25) is 14.7 Å². The zero-order chi connectivity index (χ0) is 20.0. The van der Waals surface area contributed by atoms with Crippen molar-refractivity contribution >= 4 is 17.9 Å². The minimum atomic E-state index is -0.547. The summed E-state index contributed by atoms with van der Waals surface area (Å²) in [6.07, 6.45) is 0.259. The first-order valence-corrected chi connectivity index (χ1v) is 9.53. The lowest BCUT2D eigenvalue weighted by Gasteiger charge is -2.37. The number of anilines is 1. The molecule has 29 heavy (non-hydrogen) atoms. The van der Waals surface area contributed by atoms with Gasteiger partial charge in [0.2, 0.25) is 5.95 Å². The van der Waals surface area contributed by atoms with E-state index in [1.165, 1.54) is 5.56 Å². The highest BCUT2D eigenvalue weighted by Gasteiger charge is 2.52. The first kappa shape index (κ1) is 17.4. The Morgan fingerprint density at radius 1 is 0.966 bits per heavy atom. The van der Waals surface area contributed by atoms with Crippen molar-refractivity contribution in [3.8, 4) is 11.4 Å². The molecule has 1 N–H and O–H groups in total. The second kappa shape index (κ2) is 6.73. The van der Waals surface area contributed by atoms with Crippen LogP contribution in [0.5, 0.6) is 0 Å². The maximum atomic E-state index is 12.8. The van der Waals surface area contributed by atoms with Crippen molar-refractivity contribution < 1.29 is 9.59 Å². The fraction of sp³-hybridized carbons (Fsp3) is 0.238. The zero-order valence-corrected chi connectivity index (χ0v) is 15.9. The molecule has 3 aromatic rings. The van der Waals surface area contributed by atoms with Gasteiger partial charge in [-0.15, -0.1) is 10.2 Å². The van der Waals surface area contributed by atoms with E-state index in [-0.39, 0.29) is 5.91 Å². The number of carbonyl (C=O) groups excluding carboxylic acids is 2. The van der Waals surface area contributed by atoms with Gasteiger partial charge in [-0.25, -0.2) is 4.79 Å². The topological polar surface area (TPSA) is 83.4 Å². The van der Waals surface area contributed by atoms with Gasteiger partial charge in [0.1, 0.15) is 6.17 Å². The molecule has 1 aromatic heterocycles. The number of hydrogen-bond acceptors (Lipinski definition) is 5. The van der Waals surface area contributed by atoms with Crippen LogP contribution in [0.15, 0.2) is 60.7 Å². The first-order valence-electron chi connectivity index (χ1n) is 9.53. The van der Waals surface area contributed by atoms with Gasteiger partial charge >= 0.3 is 6.03 Å². The number of urea groups is 1. The Morgan fingerprint density at radius 3 is 2.38 bits per heavy atom. The van der Waals surface area contributed by atoms with Gasteiger partial charge in [-0.1, -0.05) is 60.7 Å². The maximum Gasteiger partial charge on any atom is 0.325 e. The quantitative estimate of drug-likeness (QED) is 0.740. The second-order valence-electron chi connectivity index (χ2n) is 7.25. The number of hydrogen-bond donors (Lipinski definition) is 1. The van der Waals surface area contributed by atoms with Crippen LogP contribution in [0.4, 0.5) is 10.7 Å². The van der Waals surface area contributed by atoms with Crippen LogP contribution in [0.3, 0.4) is 0 Å². The zero-order valence-electron chi connectivity index (χ0n) is 15.9. The van der Waals surface area contributed by atoms with Crippen LogP contribution in [0.1, 0.15) is 11.7 Å². The molecule has 3 amide bonds. The van der Waals surface area contributed by atoms with Crippen molar-refractivity contribution in [1.82, 2.24) is 25.0 Å². The first-order chi connectivity index (χ1) is 14.1. The number of nitrogens with one attached hydrogen (secondary N) is 1. The third kappa shape index (κ3) is 2.75. The molecule has 2 unspecified atom stereocenters. The summed E-state index contributed by atoms with van der Waals surface area (Å²) in [4.78, 5) is 28.6. The summed E-state index contributed by atoms with van der Waals surface area (Å²) in [7, 11) is 1.69. The average molecular weight is 388 g/mol. The Hall–Kier alpha value is -3.68. The predicted molar refractivity (Wildman–Crippen MR) is 107 cm³/mol. The van der Waals surface area contributed by atoms with Gasteiger partial charge < -0.3 is 9.80 Å². The molecule has 1 saturated heterocycles. The average Bonchev–Trinajstić information content (AvgIpc) is 3.31. The standard InChI is InChI=1S/C21H20N6O2/c1-25-19-16(18(28)22-21(25)29)26(13-12-14-8-4-2-5-9-14)20-24-23-17(27(19)20)15-10-6-3-7-11-15/h2-11,16,19H,12-13H2,1H3,(H,22,28,29). The van der Waals surface area contributed by atoms with Gasteiger partial charge in [0.05, 0.1) is 0 Å². The Morgan fingerprint density at radius 2 is 1.66 bits per heavy atom. The summed E-state index contributed by atoms with van der Waals surface area (Å²) >= 11 is 0. The molecule has 3 heterocycles. The van der Waals surface area contributed by atoms with Crippen molar-refractivity contribution in [2.45, 2.75) is 18.6 Å². The predicted octanol–water partition coefficient (Wildman–Crippen LogP) is 2.06. The fourth-order valence-electron chi connectivity index (χ4n) is 4.12. The van der Waals surface area contributed by atoms with Crippen LogP contribution in [0.2, 0.25) is 0 Å². The SMILES string of the molecule is CN1C(=O)NC(=O)C2C1n1c(-c3ccccc3)nnc1N2CCc1ccccc1. The molecule has 0 aliphatic carbocycles. The number of imide groups is 1. The number of likely N-dealkylation sites (N-methyl/N-ethyl adjacent to an activating group) is 1. The minimum absolute atomic E-state index is 0.310. The van der Waals surface area contributed by atoms with Crippen molar-refractivity contribution in [1.29, 1.82) is 0 Å². The Bertz CT molecular complexity index is 1070. The van der Waals surface area contributed by atoms with E-state index in [2.05, 4.69) is 27.6 Å². The van der Waals surface area contributed by atoms with Gasteiger partial charge in [-0.05, 0) is 12.0 Å². The largest absolute Gasteiger partial charge is 0.325 e. The van der Waals surface area contributed by atoms with Crippen molar-refractivity contribution in [3.05, 3.63) is 66.2 Å². The molecule has 2 atom stereocenters. The van der Waals surface area contributed by atoms with Crippen LogP contribution in [0.25, 0.3) is 11.4 Å². The lowest BCUT2D eigenvalue weighted by atomic mass is 10.1. The Balaban J connectivity index is 1.57. The lowest BCUT2D eigenvalue weighted by Crippen LogP contribution is -2.61. The van der Waals surface area contributed by atoms with Crippen LogP contribution in [-0.4, -0.2) is 51.2 Å². The molecular formula is C21H20N6O2. The van der Waals surface area contributed by atoms with Gasteiger partial charge in [0.15, 0.2) is 11.9 Å². The van der Waals surface area contributed by atoms with Crippen LogP contribution in [-0.2, 0) is 11.2 Å². The smallest absolute Gasteiger partial charge is 0.325 e. The molecule has 2 aliphatic heterocycles. The molecule has 8 heteroatoms. The fourth-order valence-corrected chi connectivity index (χ4v) is 4.12. The molecule has 0 saturated carbocycles. The monoisotopic (exact) mass is 388 g/mol. The summed E-state index contributed by atoms with van der Waals surface area (Å²) in [5.41, 5.74) is 2.06. The maximum absolute atomic E-state index is 12.8. The highest BCUT2D eigenvalue weighted by molar-refractivity contribution is 6.02. The van der Waals surface area contributed by atoms with Gasteiger partial charge in [0, 0.05) is 19.2 Å². The van der Waals surface area contributed by atoms with Crippen LogP contribution < -0.4 is 10.2 Å². The number of carbonyl (C=O) groups is 2.